The second kappa shape index (κ2) is 8.54. The Morgan fingerprint density at radius 1 is 1.06 bits per heavy atom. The van der Waals surface area contributed by atoms with Crippen molar-refractivity contribution in [1.29, 1.82) is 0 Å². The average molecular weight is 465 g/mol. The monoisotopic (exact) mass is 465 g/mol. The number of methoxy groups -OCH3 is 1. The predicted octanol–water partition coefficient (Wildman–Crippen LogP) is 3.99. The van der Waals surface area contributed by atoms with Crippen LogP contribution in [0, 0.1) is 0 Å². The molecule has 172 valence electrons. The highest BCUT2D eigenvalue weighted by atomic mass is 19.3. The van der Waals surface area contributed by atoms with Crippen LogP contribution in [-0.2, 0) is 7.05 Å². The lowest BCUT2D eigenvalue weighted by molar-refractivity contribution is 0.0798. The van der Waals surface area contributed by atoms with Crippen LogP contribution in [0.3, 0.4) is 0 Å². The number of aryl methyl sites for hydroxylation is 1. The summed E-state index contributed by atoms with van der Waals surface area (Å²) in [6.45, 7) is -0.836. The molecule has 0 aliphatic heterocycles. The van der Waals surface area contributed by atoms with Gasteiger partial charge in [0.05, 0.1) is 26.6 Å². The SMILES string of the molecule is [2H]C([2H])Oc1ccc(-c2c(=O)n(-c3ccc4nn(C)cc4c3)nc3ccc(OCC(F)F)nc23)cc1. The van der Waals surface area contributed by atoms with Crippen LogP contribution in [0.1, 0.15) is 2.74 Å². The van der Waals surface area contributed by atoms with Gasteiger partial charge in [-0.1, -0.05) is 12.1 Å². The van der Waals surface area contributed by atoms with E-state index in [1.807, 2.05) is 6.20 Å². The Morgan fingerprint density at radius 3 is 2.62 bits per heavy atom. The van der Waals surface area contributed by atoms with Crippen molar-refractivity contribution in [2.24, 2.45) is 7.05 Å². The molecule has 3 aromatic heterocycles. The molecule has 0 aliphatic carbocycles. The predicted molar refractivity (Wildman–Crippen MR) is 123 cm³/mol. The molecular weight excluding hydrogens is 444 g/mol. The molecule has 5 rings (SSSR count). The number of fused-ring (bicyclic) bond motifs is 2. The van der Waals surface area contributed by atoms with E-state index in [2.05, 4.69) is 15.2 Å². The smallest absolute Gasteiger partial charge is 0.281 e. The molecular formula is C24H19F2N5O3. The van der Waals surface area contributed by atoms with Gasteiger partial charge in [-0.15, -0.1) is 0 Å². The van der Waals surface area contributed by atoms with Gasteiger partial charge < -0.3 is 9.47 Å². The minimum Gasteiger partial charge on any atom is -0.497 e. The fourth-order valence-corrected chi connectivity index (χ4v) is 3.69. The van der Waals surface area contributed by atoms with E-state index in [1.165, 1.54) is 22.9 Å². The largest absolute Gasteiger partial charge is 0.497 e. The number of hydrogen-bond donors (Lipinski definition) is 0. The first-order valence-corrected chi connectivity index (χ1v) is 10.2. The maximum Gasteiger partial charge on any atom is 0.281 e. The second-order valence-electron chi connectivity index (χ2n) is 7.50. The van der Waals surface area contributed by atoms with Crippen molar-refractivity contribution in [3.05, 3.63) is 71.1 Å². The number of hydrogen-bond acceptors (Lipinski definition) is 6. The molecule has 0 spiro atoms. The number of pyridine rings is 1. The summed E-state index contributed by atoms with van der Waals surface area (Å²) in [5.74, 6) is 0.217. The van der Waals surface area contributed by atoms with E-state index >= 15 is 0 Å². The molecule has 0 bridgehead atoms. The Hall–Kier alpha value is -4.34. The van der Waals surface area contributed by atoms with Gasteiger partial charge in [-0.3, -0.25) is 9.48 Å². The molecule has 2 aromatic carbocycles. The van der Waals surface area contributed by atoms with Crippen molar-refractivity contribution >= 4 is 21.9 Å². The van der Waals surface area contributed by atoms with E-state index in [0.717, 1.165) is 10.9 Å². The Labute approximate surface area is 194 Å². The van der Waals surface area contributed by atoms with Crippen molar-refractivity contribution in [3.8, 4) is 28.4 Å². The Balaban J connectivity index is 1.70. The number of alkyl halides is 2. The van der Waals surface area contributed by atoms with Gasteiger partial charge in [-0.25, -0.2) is 13.8 Å². The van der Waals surface area contributed by atoms with Crippen molar-refractivity contribution in [2.45, 2.75) is 6.43 Å². The second-order valence-corrected chi connectivity index (χ2v) is 7.50. The third-order valence-electron chi connectivity index (χ3n) is 5.18. The summed E-state index contributed by atoms with van der Waals surface area (Å²) in [5.41, 5.74) is 1.94. The van der Waals surface area contributed by atoms with E-state index < -0.39 is 25.7 Å². The third kappa shape index (κ3) is 3.94. The zero-order valence-electron chi connectivity index (χ0n) is 19.9. The van der Waals surface area contributed by atoms with Crippen molar-refractivity contribution in [2.75, 3.05) is 13.7 Å². The normalized spacial score (nSPS) is 12.4. The van der Waals surface area contributed by atoms with E-state index in [1.54, 1.807) is 48.1 Å². The maximum atomic E-state index is 13.8. The number of rotatable bonds is 6. The summed E-state index contributed by atoms with van der Waals surface area (Å²) >= 11 is 0. The fraction of sp³-hybridized carbons (Fsp3) is 0.167. The Kier molecular flexibility index (Phi) is 4.81. The summed E-state index contributed by atoms with van der Waals surface area (Å²) in [6, 6.07) is 14.5. The van der Waals surface area contributed by atoms with Crippen LogP contribution in [0.2, 0.25) is 0 Å². The van der Waals surface area contributed by atoms with Gasteiger partial charge in [-0.05, 0) is 42.0 Å². The molecule has 0 fully saturated rings. The molecule has 0 radical (unpaired) electrons. The summed E-state index contributed by atoms with van der Waals surface area (Å²) in [4.78, 5) is 18.1. The van der Waals surface area contributed by atoms with Gasteiger partial charge in [-0.2, -0.15) is 14.9 Å². The molecule has 5 aromatic rings. The molecule has 8 nitrogen and oxygen atoms in total. The highest BCUT2D eigenvalue weighted by molar-refractivity contribution is 5.91. The van der Waals surface area contributed by atoms with E-state index in [9.17, 15) is 13.6 Å². The maximum absolute atomic E-state index is 13.8. The molecule has 0 amide bonds. The van der Waals surface area contributed by atoms with Gasteiger partial charge in [0, 0.05) is 24.7 Å². The lowest BCUT2D eigenvalue weighted by Gasteiger charge is -2.12. The molecule has 0 atom stereocenters. The number of halogens is 2. The zero-order valence-corrected chi connectivity index (χ0v) is 17.9. The number of nitrogens with zero attached hydrogens (tertiary/aromatic N) is 5. The first-order chi connectivity index (χ1) is 17.3. The van der Waals surface area contributed by atoms with Crippen LogP contribution < -0.4 is 15.0 Å². The van der Waals surface area contributed by atoms with Crippen molar-refractivity contribution in [3.63, 3.8) is 0 Å². The molecule has 0 saturated heterocycles. The van der Waals surface area contributed by atoms with E-state index in [-0.39, 0.29) is 22.7 Å². The minimum atomic E-state index is -2.68. The third-order valence-corrected chi connectivity index (χ3v) is 5.18. The molecule has 34 heavy (non-hydrogen) atoms. The van der Waals surface area contributed by atoms with E-state index in [4.69, 9.17) is 12.2 Å². The summed E-state index contributed by atoms with van der Waals surface area (Å²) in [6.07, 6.45) is -0.856. The Morgan fingerprint density at radius 2 is 1.85 bits per heavy atom. The lowest BCUT2D eigenvalue weighted by Crippen LogP contribution is -2.23. The number of benzene rings is 2. The summed E-state index contributed by atoms with van der Waals surface area (Å²) in [5, 5.41) is 9.64. The minimum absolute atomic E-state index is 0.0639. The quantitative estimate of drug-likeness (QED) is 0.377. The first kappa shape index (κ1) is 19.2. The standard InChI is InChI=1S/C24H19F2N5O3/c1-30-12-15-11-16(5-8-18(15)28-30)31-24(32)22(14-3-6-17(33-2)7-4-14)23-19(29-31)9-10-21(27-23)34-13-20(25)26/h3-12,20H,13H2,1-2H3/i2D2. The molecule has 0 N–H and O–H groups in total. The Bertz CT molecular complexity index is 1620. The number of aromatic nitrogens is 5. The van der Waals surface area contributed by atoms with Crippen LogP contribution in [-0.4, -0.2) is 44.6 Å². The van der Waals surface area contributed by atoms with E-state index in [0.29, 0.717) is 16.8 Å². The summed E-state index contributed by atoms with van der Waals surface area (Å²) in [7, 11) is 0.294. The molecule has 0 saturated carbocycles. The lowest BCUT2D eigenvalue weighted by atomic mass is 10.1. The zero-order chi connectivity index (χ0) is 25.4. The topological polar surface area (TPSA) is 84.1 Å². The number of ether oxygens (including phenoxy) is 2. The summed E-state index contributed by atoms with van der Waals surface area (Å²) < 4.78 is 52.9. The van der Waals surface area contributed by atoms with Crippen LogP contribution in [0.25, 0.3) is 38.8 Å². The fourth-order valence-electron chi connectivity index (χ4n) is 3.69. The van der Waals surface area contributed by atoms with Crippen LogP contribution in [0.5, 0.6) is 11.6 Å². The van der Waals surface area contributed by atoms with Crippen LogP contribution in [0.15, 0.2) is 65.6 Å². The van der Waals surface area contributed by atoms with Gasteiger partial charge in [0.25, 0.3) is 12.0 Å². The van der Waals surface area contributed by atoms with Gasteiger partial charge in [0.1, 0.15) is 16.8 Å². The van der Waals surface area contributed by atoms with Crippen LogP contribution >= 0.6 is 0 Å². The first-order valence-electron chi connectivity index (χ1n) is 11.3. The van der Waals surface area contributed by atoms with Crippen molar-refractivity contribution < 1.29 is 21.0 Å². The van der Waals surface area contributed by atoms with Gasteiger partial charge in [0.15, 0.2) is 6.61 Å². The molecule has 0 aliphatic rings. The highest BCUT2D eigenvalue weighted by Gasteiger charge is 2.18. The van der Waals surface area contributed by atoms with Crippen molar-refractivity contribution in [1.82, 2.24) is 24.5 Å². The van der Waals surface area contributed by atoms with Gasteiger partial charge in [0.2, 0.25) is 5.88 Å². The van der Waals surface area contributed by atoms with Gasteiger partial charge >= 0.3 is 0 Å². The molecule has 0 unspecified atom stereocenters. The molecule has 10 heteroatoms. The van der Waals surface area contributed by atoms with Crippen LogP contribution in [0.4, 0.5) is 8.78 Å². The highest BCUT2D eigenvalue weighted by Crippen LogP contribution is 2.27. The molecule has 3 heterocycles. The average Bonchev–Trinajstić information content (AvgIpc) is 3.22.